The summed E-state index contributed by atoms with van der Waals surface area (Å²) in [7, 11) is 0. The third-order valence-electron chi connectivity index (χ3n) is 3.43. The molecule has 0 radical (unpaired) electrons. The smallest absolute Gasteiger partial charge is 0.180 e. The van der Waals surface area contributed by atoms with Crippen molar-refractivity contribution in [2.45, 2.75) is 33.0 Å². The van der Waals surface area contributed by atoms with Gasteiger partial charge in [-0.3, -0.25) is 4.90 Å². The second-order valence-electron chi connectivity index (χ2n) is 4.57. The van der Waals surface area contributed by atoms with E-state index in [9.17, 15) is 0 Å². The molecule has 0 fully saturated rings. The van der Waals surface area contributed by atoms with Crippen LogP contribution in [-0.4, -0.2) is 21.2 Å². The van der Waals surface area contributed by atoms with E-state index in [2.05, 4.69) is 28.4 Å². The molecule has 0 aliphatic carbocycles. The number of fused-ring (bicyclic) bond motifs is 1. The molecule has 6 heteroatoms. The lowest BCUT2D eigenvalue weighted by Crippen LogP contribution is -2.35. The quantitative estimate of drug-likeness (QED) is 0.790. The second kappa shape index (κ2) is 4.85. The minimum Gasteiger partial charge on any atom is -0.277 e. The van der Waals surface area contributed by atoms with E-state index in [-0.39, 0.29) is 0 Å². The van der Waals surface area contributed by atoms with Crippen LogP contribution in [0.15, 0.2) is 11.4 Å². The van der Waals surface area contributed by atoms with Gasteiger partial charge in [-0.05, 0) is 49.5 Å². The number of hydrogen-bond acceptors (Lipinski definition) is 5. The van der Waals surface area contributed by atoms with Crippen molar-refractivity contribution in [3.63, 3.8) is 0 Å². The summed E-state index contributed by atoms with van der Waals surface area (Å²) >= 11 is 8.80. The fourth-order valence-corrected chi connectivity index (χ4v) is 4.45. The summed E-state index contributed by atoms with van der Waals surface area (Å²) < 4.78 is 2.82. The summed E-state index contributed by atoms with van der Waals surface area (Å²) in [5, 5.41) is 7.71. The van der Waals surface area contributed by atoms with Gasteiger partial charge >= 0.3 is 0 Å². The summed E-state index contributed by atoms with van der Waals surface area (Å²) in [5.74, 6) is 0. The fraction of sp³-hybridized carbons (Fsp3) is 0.500. The van der Waals surface area contributed by atoms with Gasteiger partial charge in [0.15, 0.2) is 3.95 Å². The Morgan fingerprint density at radius 2 is 2.39 bits per heavy atom. The van der Waals surface area contributed by atoms with Gasteiger partial charge in [0, 0.05) is 17.5 Å². The molecule has 0 saturated carbocycles. The minimum atomic E-state index is 0.462. The standard InChI is InChI=1S/C12H15N3S3/c1-8-10-4-6-17-11(10)3-5-14(8)7-15-12(16)18-9(2)13-15/h4,6,8H,3,5,7H2,1-2H3/t8-/m0/s1. The number of thiophene rings is 1. The topological polar surface area (TPSA) is 21.1 Å². The van der Waals surface area contributed by atoms with E-state index < -0.39 is 0 Å². The number of nitrogens with zero attached hydrogens (tertiary/aromatic N) is 3. The molecule has 2 aromatic rings. The number of hydrogen-bond donors (Lipinski definition) is 0. The average molecular weight is 297 g/mol. The third-order valence-corrected chi connectivity index (χ3v) is 5.65. The molecular formula is C12H15N3S3. The van der Waals surface area contributed by atoms with Crippen molar-refractivity contribution in [3.05, 3.63) is 30.8 Å². The zero-order valence-electron chi connectivity index (χ0n) is 10.4. The molecule has 0 amide bonds. The highest BCUT2D eigenvalue weighted by molar-refractivity contribution is 7.73. The Kier molecular flexibility index (Phi) is 3.36. The molecule has 1 aliphatic heterocycles. The molecule has 0 spiro atoms. The van der Waals surface area contributed by atoms with Crippen molar-refractivity contribution >= 4 is 34.9 Å². The number of aromatic nitrogens is 2. The Balaban J connectivity index is 1.83. The lowest BCUT2D eigenvalue weighted by atomic mass is 10.0. The van der Waals surface area contributed by atoms with E-state index in [0.29, 0.717) is 6.04 Å². The molecule has 18 heavy (non-hydrogen) atoms. The first-order valence-corrected chi connectivity index (χ1v) is 8.10. The zero-order valence-corrected chi connectivity index (χ0v) is 12.9. The van der Waals surface area contributed by atoms with Crippen LogP contribution in [0.4, 0.5) is 0 Å². The number of aryl methyl sites for hydroxylation is 1. The van der Waals surface area contributed by atoms with Gasteiger partial charge in [-0.25, -0.2) is 4.68 Å². The van der Waals surface area contributed by atoms with Crippen molar-refractivity contribution in [1.29, 1.82) is 0 Å². The maximum absolute atomic E-state index is 5.34. The fourth-order valence-electron chi connectivity index (χ4n) is 2.43. The Hall–Kier alpha value is -0.560. The van der Waals surface area contributed by atoms with Gasteiger partial charge in [0.1, 0.15) is 5.01 Å². The molecule has 3 nitrogen and oxygen atoms in total. The summed E-state index contributed by atoms with van der Waals surface area (Å²) in [4.78, 5) is 3.99. The van der Waals surface area contributed by atoms with Gasteiger partial charge in [-0.1, -0.05) is 11.3 Å². The summed E-state index contributed by atoms with van der Waals surface area (Å²) in [6.07, 6.45) is 1.15. The lowest BCUT2D eigenvalue weighted by molar-refractivity contribution is 0.144. The molecule has 3 heterocycles. The Bertz CT molecular complexity index is 610. The van der Waals surface area contributed by atoms with E-state index >= 15 is 0 Å². The van der Waals surface area contributed by atoms with Crippen LogP contribution in [0, 0.1) is 10.9 Å². The Morgan fingerprint density at radius 1 is 1.56 bits per heavy atom. The molecule has 0 aromatic carbocycles. The Labute approximate surface area is 120 Å². The maximum atomic E-state index is 5.34. The van der Waals surface area contributed by atoms with Crippen LogP contribution < -0.4 is 0 Å². The molecule has 96 valence electrons. The molecule has 0 N–H and O–H groups in total. The van der Waals surface area contributed by atoms with Crippen molar-refractivity contribution in [1.82, 2.24) is 14.7 Å². The van der Waals surface area contributed by atoms with Crippen molar-refractivity contribution < 1.29 is 0 Å². The Morgan fingerprint density at radius 3 is 3.11 bits per heavy atom. The largest absolute Gasteiger partial charge is 0.277 e. The van der Waals surface area contributed by atoms with Crippen molar-refractivity contribution in [2.75, 3.05) is 6.54 Å². The van der Waals surface area contributed by atoms with Crippen LogP contribution >= 0.6 is 34.9 Å². The van der Waals surface area contributed by atoms with Gasteiger partial charge in [0.25, 0.3) is 0 Å². The van der Waals surface area contributed by atoms with Gasteiger partial charge in [0.05, 0.1) is 6.67 Å². The molecule has 0 unspecified atom stereocenters. The van der Waals surface area contributed by atoms with Crippen LogP contribution in [0.2, 0.25) is 0 Å². The van der Waals surface area contributed by atoms with E-state index in [1.165, 1.54) is 10.4 Å². The van der Waals surface area contributed by atoms with Crippen LogP contribution in [0.25, 0.3) is 0 Å². The van der Waals surface area contributed by atoms with Crippen LogP contribution in [0.1, 0.15) is 28.4 Å². The zero-order chi connectivity index (χ0) is 12.7. The average Bonchev–Trinajstić information content (AvgIpc) is 2.90. The maximum Gasteiger partial charge on any atom is 0.180 e. The normalized spacial score (nSPS) is 20.0. The van der Waals surface area contributed by atoms with Gasteiger partial charge in [-0.2, -0.15) is 5.10 Å². The van der Waals surface area contributed by atoms with E-state index in [1.807, 2.05) is 22.9 Å². The van der Waals surface area contributed by atoms with E-state index in [0.717, 1.165) is 28.6 Å². The predicted octanol–water partition coefficient (Wildman–Crippen LogP) is 3.62. The molecule has 0 bridgehead atoms. The highest BCUT2D eigenvalue weighted by atomic mass is 32.1. The monoisotopic (exact) mass is 297 g/mol. The minimum absolute atomic E-state index is 0.462. The van der Waals surface area contributed by atoms with E-state index in [4.69, 9.17) is 12.2 Å². The van der Waals surface area contributed by atoms with Gasteiger partial charge < -0.3 is 0 Å². The first-order valence-electron chi connectivity index (χ1n) is 6.00. The van der Waals surface area contributed by atoms with Gasteiger partial charge in [-0.15, -0.1) is 11.3 Å². The van der Waals surface area contributed by atoms with Crippen molar-refractivity contribution in [3.8, 4) is 0 Å². The molecule has 2 aromatic heterocycles. The molecule has 3 rings (SSSR count). The molecule has 1 aliphatic rings. The van der Waals surface area contributed by atoms with Gasteiger partial charge in [0.2, 0.25) is 0 Å². The summed E-state index contributed by atoms with van der Waals surface area (Å²) in [6, 6.07) is 2.71. The van der Waals surface area contributed by atoms with Crippen LogP contribution in [0.3, 0.4) is 0 Å². The first kappa shape index (κ1) is 12.5. The third kappa shape index (κ3) is 2.18. The second-order valence-corrected chi connectivity index (χ2v) is 7.39. The molecular weight excluding hydrogens is 282 g/mol. The summed E-state index contributed by atoms with van der Waals surface area (Å²) in [6.45, 7) is 6.17. The van der Waals surface area contributed by atoms with Crippen LogP contribution in [-0.2, 0) is 13.1 Å². The predicted molar refractivity (Wildman–Crippen MR) is 78.8 cm³/mol. The summed E-state index contributed by atoms with van der Waals surface area (Å²) in [5.41, 5.74) is 1.48. The van der Waals surface area contributed by atoms with E-state index in [1.54, 1.807) is 11.3 Å². The molecule has 0 saturated heterocycles. The number of rotatable bonds is 2. The highest BCUT2D eigenvalue weighted by Crippen LogP contribution is 2.33. The molecule has 1 atom stereocenters. The SMILES string of the molecule is Cc1nn(CN2CCc3sccc3[C@@H]2C)c(=S)s1. The van der Waals surface area contributed by atoms with Crippen LogP contribution in [0.5, 0.6) is 0 Å². The first-order chi connectivity index (χ1) is 8.65. The lowest BCUT2D eigenvalue weighted by Gasteiger charge is -2.33. The van der Waals surface area contributed by atoms with Crippen molar-refractivity contribution in [2.24, 2.45) is 0 Å². The highest BCUT2D eigenvalue weighted by Gasteiger charge is 2.25.